The first-order valence-corrected chi connectivity index (χ1v) is 5.19. The third kappa shape index (κ3) is 1.86. The summed E-state index contributed by atoms with van der Waals surface area (Å²) in [4.78, 5) is 28.0. The lowest BCUT2D eigenvalue weighted by atomic mass is 10.2. The summed E-state index contributed by atoms with van der Waals surface area (Å²) in [5, 5.41) is 2.75. The molecule has 1 aliphatic rings. The molecule has 1 aromatic heterocycles. The van der Waals surface area contributed by atoms with Crippen molar-refractivity contribution < 1.29 is 9.59 Å². The number of anilines is 1. The number of pyridine rings is 1. The molecule has 1 saturated heterocycles. The zero-order valence-electron chi connectivity index (χ0n) is 8.66. The van der Waals surface area contributed by atoms with Gasteiger partial charge in [-0.2, -0.15) is 0 Å². The summed E-state index contributed by atoms with van der Waals surface area (Å²) in [7, 11) is 0. The van der Waals surface area contributed by atoms with E-state index in [0.717, 1.165) is 5.56 Å². The van der Waals surface area contributed by atoms with E-state index in [9.17, 15) is 9.59 Å². The molecule has 5 nitrogen and oxygen atoms in total. The highest BCUT2D eigenvalue weighted by Crippen LogP contribution is 2.26. The molecule has 0 spiro atoms. The van der Waals surface area contributed by atoms with Crippen molar-refractivity contribution in [3.05, 3.63) is 23.0 Å². The molecule has 3 amide bonds. The third-order valence-electron chi connectivity index (χ3n) is 2.47. The molecule has 0 atom stereocenters. The molecule has 0 bridgehead atoms. The Morgan fingerprint density at radius 1 is 1.44 bits per heavy atom. The molecule has 0 radical (unpaired) electrons. The summed E-state index contributed by atoms with van der Waals surface area (Å²) < 4.78 is 0. The van der Waals surface area contributed by atoms with E-state index in [2.05, 4.69) is 10.3 Å². The zero-order chi connectivity index (χ0) is 11.7. The Hall–Kier alpha value is -1.62. The van der Waals surface area contributed by atoms with Crippen LogP contribution < -0.4 is 10.2 Å². The molecule has 2 heterocycles. The maximum absolute atomic E-state index is 11.6. The quantitative estimate of drug-likeness (QED) is 0.808. The normalized spacial score (nSPS) is 16.2. The number of hydrogen-bond acceptors (Lipinski definition) is 3. The van der Waals surface area contributed by atoms with Crippen molar-refractivity contribution in [1.82, 2.24) is 10.3 Å². The van der Waals surface area contributed by atoms with Crippen LogP contribution in [0.25, 0.3) is 0 Å². The minimum Gasteiger partial charge on any atom is -0.292 e. The van der Waals surface area contributed by atoms with Crippen LogP contribution in [0.2, 0.25) is 5.02 Å². The Morgan fingerprint density at radius 3 is 2.88 bits per heavy atom. The molecule has 84 valence electrons. The maximum atomic E-state index is 11.6. The fourth-order valence-electron chi connectivity index (χ4n) is 1.56. The SMILES string of the molecule is Cc1c(Cl)cncc1N1CCC(=O)NC1=O. The molecular formula is C10H10ClN3O2. The highest BCUT2D eigenvalue weighted by molar-refractivity contribution is 6.31. The van der Waals surface area contributed by atoms with Crippen LogP contribution in [0, 0.1) is 6.92 Å². The van der Waals surface area contributed by atoms with Gasteiger partial charge in [-0.05, 0) is 12.5 Å². The minimum atomic E-state index is -0.427. The van der Waals surface area contributed by atoms with Gasteiger partial charge in [0.1, 0.15) is 0 Å². The summed E-state index contributed by atoms with van der Waals surface area (Å²) in [6.45, 7) is 2.16. The van der Waals surface area contributed by atoms with Gasteiger partial charge in [-0.25, -0.2) is 4.79 Å². The van der Waals surface area contributed by atoms with Gasteiger partial charge in [-0.3, -0.25) is 20.0 Å². The van der Waals surface area contributed by atoms with Gasteiger partial charge in [0.2, 0.25) is 5.91 Å². The number of aromatic nitrogens is 1. The second-order valence-corrected chi connectivity index (χ2v) is 3.93. The van der Waals surface area contributed by atoms with Gasteiger partial charge in [0.25, 0.3) is 0 Å². The van der Waals surface area contributed by atoms with Gasteiger partial charge in [-0.15, -0.1) is 0 Å². The van der Waals surface area contributed by atoms with Gasteiger partial charge in [0.05, 0.1) is 16.9 Å². The highest BCUT2D eigenvalue weighted by atomic mass is 35.5. The molecule has 6 heteroatoms. The van der Waals surface area contributed by atoms with E-state index in [-0.39, 0.29) is 12.3 Å². The zero-order valence-corrected chi connectivity index (χ0v) is 9.41. The predicted molar refractivity (Wildman–Crippen MR) is 59.5 cm³/mol. The summed E-state index contributed by atoms with van der Waals surface area (Å²) in [5.74, 6) is -0.256. The van der Waals surface area contributed by atoms with Gasteiger partial charge in [0, 0.05) is 19.2 Å². The third-order valence-corrected chi connectivity index (χ3v) is 2.85. The first-order chi connectivity index (χ1) is 7.59. The van der Waals surface area contributed by atoms with E-state index in [1.807, 2.05) is 6.92 Å². The first-order valence-electron chi connectivity index (χ1n) is 4.81. The number of imide groups is 1. The van der Waals surface area contributed by atoms with E-state index in [0.29, 0.717) is 17.3 Å². The van der Waals surface area contributed by atoms with Crippen LogP contribution in [0.3, 0.4) is 0 Å². The molecule has 0 unspecified atom stereocenters. The fraction of sp³-hybridized carbons (Fsp3) is 0.300. The second-order valence-electron chi connectivity index (χ2n) is 3.52. The van der Waals surface area contributed by atoms with Gasteiger partial charge < -0.3 is 0 Å². The lowest BCUT2D eigenvalue weighted by Gasteiger charge is -2.27. The predicted octanol–water partition coefficient (Wildman–Crippen LogP) is 1.49. The first kappa shape index (κ1) is 10.9. The smallest absolute Gasteiger partial charge is 0.292 e. The standard InChI is InChI=1S/C10H10ClN3O2/c1-6-7(11)4-12-5-8(6)14-3-2-9(15)13-10(14)16/h4-5H,2-3H2,1H3,(H,13,15,16). The molecule has 0 aromatic carbocycles. The Balaban J connectivity index is 2.34. The summed E-state index contributed by atoms with van der Waals surface area (Å²) >= 11 is 5.92. The lowest BCUT2D eigenvalue weighted by molar-refractivity contribution is -0.120. The van der Waals surface area contributed by atoms with Crippen molar-refractivity contribution in [1.29, 1.82) is 0 Å². The van der Waals surface area contributed by atoms with E-state index >= 15 is 0 Å². The summed E-state index contributed by atoms with van der Waals surface area (Å²) in [5.41, 5.74) is 1.42. The molecule has 0 aliphatic carbocycles. The number of nitrogens with zero attached hydrogens (tertiary/aromatic N) is 2. The summed E-state index contributed by atoms with van der Waals surface area (Å²) in [6, 6.07) is -0.427. The average Bonchev–Trinajstić information content (AvgIpc) is 2.23. The molecule has 1 aromatic rings. The minimum absolute atomic E-state index is 0.256. The number of halogens is 1. The van der Waals surface area contributed by atoms with Crippen molar-refractivity contribution in [2.24, 2.45) is 0 Å². The topological polar surface area (TPSA) is 62.3 Å². The summed E-state index contributed by atoms with van der Waals surface area (Å²) in [6.07, 6.45) is 3.38. The maximum Gasteiger partial charge on any atom is 0.328 e. The number of hydrogen-bond donors (Lipinski definition) is 1. The van der Waals surface area contributed by atoms with Gasteiger partial charge in [0.15, 0.2) is 0 Å². The Morgan fingerprint density at radius 2 is 2.19 bits per heavy atom. The van der Waals surface area contributed by atoms with Crippen LogP contribution in [0.5, 0.6) is 0 Å². The molecule has 16 heavy (non-hydrogen) atoms. The number of carbonyl (C=O) groups is 2. The molecule has 1 N–H and O–H groups in total. The average molecular weight is 240 g/mol. The number of urea groups is 1. The monoisotopic (exact) mass is 239 g/mol. The van der Waals surface area contributed by atoms with E-state index < -0.39 is 6.03 Å². The van der Waals surface area contributed by atoms with Gasteiger partial charge >= 0.3 is 6.03 Å². The van der Waals surface area contributed by atoms with Crippen molar-refractivity contribution in [3.63, 3.8) is 0 Å². The van der Waals surface area contributed by atoms with Crippen LogP contribution in [-0.2, 0) is 4.79 Å². The van der Waals surface area contributed by atoms with E-state index in [1.54, 1.807) is 6.20 Å². The number of carbonyl (C=O) groups excluding carboxylic acids is 2. The lowest BCUT2D eigenvalue weighted by Crippen LogP contribution is -2.49. The number of amides is 3. The van der Waals surface area contributed by atoms with Crippen LogP contribution >= 0.6 is 11.6 Å². The van der Waals surface area contributed by atoms with Crippen molar-refractivity contribution in [2.75, 3.05) is 11.4 Å². The highest BCUT2D eigenvalue weighted by Gasteiger charge is 2.25. The van der Waals surface area contributed by atoms with E-state index in [4.69, 9.17) is 11.6 Å². The van der Waals surface area contributed by atoms with Crippen molar-refractivity contribution in [2.45, 2.75) is 13.3 Å². The fourth-order valence-corrected chi connectivity index (χ4v) is 1.71. The van der Waals surface area contributed by atoms with Crippen molar-refractivity contribution >= 4 is 29.2 Å². The molecule has 1 aliphatic heterocycles. The largest absolute Gasteiger partial charge is 0.328 e. The van der Waals surface area contributed by atoms with E-state index in [1.165, 1.54) is 11.1 Å². The van der Waals surface area contributed by atoms with Gasteiger partial charge in [-0.1, -0.05) is 11.6 Å². The van der Waals surface area contributed by atoms with Crippen LogP contribution in [-0.4, -0.2) is 23.5 Å². The Bertz CT molecular complexity index is 461. The number of rotatable bonds is 1. The van der Waals surface area contributed by atoms with Crippen LogP contribution in [0.15, 0.2) is 12.4 Å². The Kier molecular flexibility index (Phi) is 2.78. The van der Waals surface area contributed by atoms with Crippen LogP contribution in [0.4, 0.5) is 10.5 Å². The molecule has 0 saturated carbocycles. The molecule has 2 rings (SSSR count). The molecule has 1 fully saturated rings. The Labute approximate surface area is 97.4 Å². The second kappa shape index (κ2) is 4.09. The van der Waals surface area contributed by atoms with Crippen LogP contribution in [0.1, 0.15) is 12.0 Å². The number of nitrogens with one attached hydrogen (secondary N) is 1. The molecular weight excluding hydrogens is 230 g/mol. The van der Waals surface area contributed by atoms with Crippen molar-refractivity contribution in [3.8, 4) is 0 Å².